The van der Waals surface area contributed by atoms with Gasteiger partial charge in [0.1, 0.15) is 17.6 Å². The van der Waals surface area contributed by atoms with E-state index in [1.54, 1.807) is 29.6 Å². The zero-order valence-corrected chi connectivity index (χ0v) is 13.8. The van der Waals surface area contributed by atoms with Gasteiger partial charge in [-0.05, 0) is 25.1 Å². The summed E-state index contributed by atoms with van der Waals surface area (Å²) in [5, 5.41) is 7.05. The van der Waals surface area contributed by atoms with Crippen LogP contribution in [-0.4, -0.2) is 55.7 Å². The highest BCUT2D eigenvalue weighted by atomic mass is 16.5. The fourth-order valence-electron chi connectivity index (χ4n) is 2.86. The van der Waals surface area contributed by atoms with Crippen molar-refractivity contribution < 1.29 is 9.53 Å². The van der Waals surface area contributed by atoms with Gasteiger partial charge in [-0.3, -0.25) is 14.9 Å². The van der Waals surface area contributed by atoms with Crippen molar-refractivity contribution >= 4 is 5.91 Å². The Bertz CT molecular complexity index is 872. The third kappa shape index (κ3) is 3.16. The Labute approximate surface area is 144 Å². The Kier molecular flexibility index (Phi) is 4.02. The first-order valence-electron chi connectivity index (χ1n) is 8.09. The van der Waals surface area contributed by atoms with Crippen molar-refractivity contribution in [1.82, 2.24) is 30.0 Å². The summed E-state index contributed by atoms with van der Waals surface area (Å²) in [6.45, 7) is 3.40. The molecule has 8 heteroatoms. The maximum Gasteiger partial charge on any atom is 0.272 e. The van der Waals surface area contributed by atoms with Crippen molar-refractivity contribution in [2.75, 3.05) is 19.7 Å². The molecule has 2 N–H and O–H groups in total. The second kappa shape index (κ2) is 6.48. The van der Waals surface area contributed by atoms with Gasteiger partial charge in [-0.2, -0.15) is 5.10 Å². The number of ether oxygens (including phenoxy) is 1. The van der Waals surface area contributed by atoms with Gasteiger partial charge in [-0.1, -0.05) is 0 Å². The van der Waals surface area contributed by atoms with Crippen LogP contribution in [0.3, 0.4) is 0 Å². The molecule has 1 atom stereocenters. The van der Waals surface area contributed by atoms with Crippen LogP contribution in [0.25, 0.3) is 11.3 Å². The normalized spacial score (nSPS) is 17.6. The summed E-state index contributed by atoms with van der Waals surface area (Å²) in [6, 6.07) is 5.49. The molecule has 128 valence electrons. The molecule has 0 saturated carbocycles. The summed E-state index contributed by atoms with van der Waals surface area (Å²) < 4.78 is 5.75. The van der Waals surface area contributed by atoms with Crippen LogP contribution >= 0.6 is 0 Å². The molecule has 3 aromatic rings. The van der Waals surface area contributed by atoms with Crippen molar-refractivity contribution in [2.45, 2.75) is 13.0 Å². The van der Waals surface area contributed by atoms with Crippen LogP contribution in [0.2, 0.25) is 0 Å². The summed E-state index contributed by atoms with van der Waals surface area (Å²) in [6.07, 6.45) is 4.93. The van der Waals surface area contributed by atoms with E-state index in [4.69, 9.17) is 4.74 Å². The number of nitrogens with one attached hydrogen (secondary N) is 2. The van der Waals surface area contributed by atoms with Crippen molar-refractivity contribution in [3.63, 3.8) is 0 Å². The van der Waals surface area contributed by atoms with Crippen LogP contribution in [0.15, 0.2) is 36.8 Å². The number of carbonyl (C=O) groups is 1. The molecule has 0 aliphatic carbocycles. The standard InChI is InChI=1S/C17H18N6O2/c1-11-8-19-16(20-11)15-10-23(5-6-25-15)17(24)14-7-13(21-22-14)12-3-2-4-18-9-12/h2-4,7-9,15H,5-6,10H2,1H3,(H,19,20)(H,21,22). The van der Waals surface area contributed by atoms with Gasteiger partial charge in [0.25, 0.3) is 5.91 Å². The molecule has 4 rings (SSSR count). The van der Waals surface area contributed by atoms with E-state index in [0.29, 0.717) is 31.1 Å². The monoisotopic (exact) mass is 338 g/mol. The number of aromatic nitrogens is 5. The minimum Gasteiger partial charge on any atom is -0.367 e. The maximum absolute atomic E-state index is 12.8. The highest BCUT2D eigenvalue weighted by Crippen LogP contribution is 2.22. The van der Waals surface area contributed by atoms with Gasteiger partial charge < -0.3 is 14.6 Å². The Morgan fingerprint density at radius 3 is 3.08 bits per heavy atom. The first-order valence-corrected chi connectivity index (χ1v) is 8.09. The number of amides is 1. The van der Waals surface area contributed by atoms with E-state index in [1.165, 1.54) is 0 Å². The lowest BCUT2D eigenvalue weighted by atomic mass is 10.2. The summed E-state index contributed by atoms with van der Waals surface area (Å²) in [4.78, 5) is 26.1. The number of aryl methyl sites for hydroxylation is 1. The van der Waals surface area contributed by atoms with Crippen molar-refractivity contribution in [3.8, 4) is 11.3 Å². The molecule has 0 radical (unpaired) electrons. The highest BCUT2D eigenvalue weighted by Gasteiger charge is 2.28. The van der Waals surface area contributed by atoms with Gasteiger partial charge in [0.05, 0.1) is 18.8 Å². The summed E-state index contributed by atoms with van der Waals surface area (Å²) in [5.41, 5.74) is 2.98. The average molecular weight is 338 g/mol. The average Bonchev–Trinajstić information content (AvgIpc) is 3.31. The molecular weight excluding hydrogens is 320 g/mol. The van der Waals surface area contributed by atoms with E-state index < -0.39 is 0 Å². The molecule has 0 spiro atoms. The minimum atomic E-state index is -0.243. The summed E-state index contributed by atoms with van der Waals surface area (Å²) in [5.74, 6) is 0.648. The Morgan fingerprint density at radius 1 is 1.40 bits per heavy atom. The number of hydrogen-bond donors (Lipinski definition) is 2. The Balaban J connectivity index is 1.50. The Hall–Kier alpha value is -3.00. The quantitative estimate of drug-likeness (QED) is 0.757. The molecule has 0 bridgehead atoms. The lowest BCUT2D eigenvalue weighted by molar-refractivity contribution is -0.0266. The van der Waals surface area contributed by atoms with Crippen LogP contribution < -0.4 is 0 Å². The number of imidazole rings is 1. The number of H-pyrrole nitrogens is 2. The smallest absolute Gasteiger partial charge is 0.272 e. The molecule has 8 nitrogen and oxygen atoms in total. The molecule has 3 aromatic heterocycles. The second-order valence-electron chi connectivity index (χ2n) is 5.97. The van der Waals surface area contributed by atoms with Gasteiger partial charge in [0.15, 0.2) is 0 Å². The van der Waals surface area contributed by atoms with Crippen LogP contribution in [0.1, 0.15) is 28.1 Å². The van der Waals surface area contributed by atoms with E-state index in [9.17, 15) is 4.79 Å². The molecule has 25 heavy (non-hydrogen) atoms. The van der Waals surface area contributed by atoms with Crippen molar-refractivity contribution in [3.05, 3.63) is 54.0 Å². The molecule has 4 heterocycles. The van der Waals surface area contributed by atoms with Crippen LogP contribution in [0, 0.1) is 6.92 Å². The molecule has 1 saturated heterocycles. The number of aromatic amines is 2. The third-order valence-corrected chi connectivity index (χ3v) is 4.15. The first-order chi connectivity index (χ1) is 12.2. The third-order valence-electron chi connectivity index (χ3n) is 4.15. The minimum absolute atomic E-state index is 0.0979. The van der Waals surface area contributed by atoms with E-state index >= 15 is 0 Å². The highest BCUT2D eigenvalue weighted by molar-refractivity contribution is 5.93. The largest absolute Gasteiger partial charge is 0.367 e. The zero-order chi connectivity index (χ0) is 17.2. The molecular formula is C17H18N6O2. The molecule has 0 aromatic carbocycles. The van der Waals surface area contributed by atoms with Gasteiger partial charge in [0.2, 0.25) is 0 Å². The zero-order valence-electron chi connectivity index (χ0n) is 13.8. The van der Waals surface area contributed by atoms with Gasteiger partial charge in [-0.15, -0.1) is 0 Å². The predicted molar refractivity (Wildman–Crippen MR) is 89.7 cm³/mol. The van der Waals surface area contributed by atoms with Crippen molar-refractivity contribution in [2.24, 2.45) is 0 Å². The summed E-state index contributed by atoms with van der Waals surface area (Å²) >= 11 is 0. The number of carbonyl (C=O) groups excluding carboxylic acids is 1. The number of pyridine rings is 1. The van der Waals surface area contributed by atoms with E-state index in [-0.39, 0.29) is 12.0 Å². The number of rotatable bonds is 3. The maximum atomic E-state index is 12.8. The molecule has 1 fully saturated rings. The number of hydrogen-bond acceptors (Lipinski definition) is 5. The lowest BCUT2D eigenvalue weighted by Gasteiger charge is -2.31. The van der Waals surface area contributed by atoms with E-state index in [1.807, 2.05) is 19.1 Å². The fourth-order valence-corrected chi connectivity index (χ4v) is 2.86. The summed E-state index contributed by atoms with van der Waals surface area (Å²) in [7, 11) is 0. The van der Waals surface area contributed by atoms with Crippen molar-refractivity contribution in [1.29, 1.82) is 0 Å². The van der Waals surface area contributed by atoms with Crippen LogP contribution in [-0.2, 0) is 4.74 Å². The molecule has 1 aliphatic rings. The first kappa shape index (κ1) is 15.5. The number of morpholine rings is 1. The van der Waals surface area contributed by atoms with Gasteiger partial charge in [-0.25, -0.2) is 4.98 Å². The molecule has 1 unspecified atom stereocenters. The topological polar surface area (TPSA) is 99.8 Å². The van der Waals surface area contributed by atoms with E-state index in [0.717, 1.165) is 17.1 Å². The second-order valence-corrected chi connectivity index (χ2v) is 5.97. The Morgan fingerprint density at radius 2 is 2.32 bits per heavy atom. The molecule has 1 amide bonds. The van der Waals surface area contributed by atoms with Crippen LogP contribution in [0.5, 0.6) is 0 Å². The molecule has 1 aliphatic heterocycles. The van der Waals surface area contributed by atoms with E-state index in [2.05, 4.69) is 25.1 Å². The lowest BCUT2D eigenvalue weighted by Crippen LogP contribution is -2.42. The predicted octanol–water partition coefficient (Wildman–Crippen LogP) is 1.72. The van der Waals surface area contributed by atoms with Gasteiger partial charge >= 0.3 is 0 Å². The number of nitrogens with zero attached hydrogens (tertiary/aromatic N) is 4. The van der Waals surface area contributed by atoms with Crippen LogP contribution in [0.4, 0.5) is 0 Å². The fraction of sp³-hybridized carbons (Fsp3) is 0.294. The SMILES string of the molecule is Cc1cnc(C2CN(C(=O)c3cc(-c4cccnc4)n[nH]3)CCO2)[nH]1. The van der Waals surface area contributed by atoms with Gasteiger partial charge in [0, 0.05) is 36.4 Å².